The number of hydrogen-bond acceptors (Lipinski definition) is 7. The zero-order chi connectivity index (χ0) is 17.4. The van der Waals surface area contributed by atoms with E-state index in [-0.39, 0.29) is 11.7 Å². The van der Waals surface area contributed by atoms with Crippen LogP contribution in [-0.4, -0.2) is 30.1 Å². The van der Waals surface area contributed by atoms with Crippen molar-refractivity contribution in [3.63, 3.8) is 0 Å². The third-order valence-corrected chi connectivity index (χ3v) is 4.10. The molecule has 4 rings (SSSR count). The number of nitrogens with two attached hydrogens (primary N) is 1. The lowest BCUT2D eigenvalue weighted by Crippen LogP contribution is -2.04. The molecule has 25 heavy (non-hydrogen) atoms. The highest BCUT2D eigenvalue weighted by molar-refractivity contribution is 6.31. The van der Waals surface area contributed by atoms with Crippen molar-refractivity contribution in [3.8, 4) is 28.8 Å². The summed E-state index contributed by atoms with van der Waals surface area (Å²) >= 11 is 6.16. The molecule has 0 amide bonds. The second-order valence-electron chi connectivity index (χ2n) is 5.26. The van der Waals surface area contributed by atoms with Gasteiger partial charge in [0.05, 0.1) is 5.69 Å². The lowest BCUT2D eigenvalue weighted by atomic mass is 10.2. The molecule has 0 saturated heterocycles. The molecule has 0 saturated carbocycles. The minimum atomic E-state index is 0.170. The van der Waals surface area contributed by atoms with Gasteiger partial charge >= 0.3 is 0 Å². The maximum absolute atomic E-state index is 6.19. The molecular weight excluding hydrogens is 342 g/mol. The van der Waals surface area contributed by atoms with Crippen molar-refractivity contribution in [2.75, 3.05) is 5.73 Å². The molecule has 2 N–H and O–H groups in total. The SMILES string of the molecule is Cc1c(Cl)cccc1-n1nnc(-c2nc(-c3ccccn3)no2)c1N. The Morgan fingerprint density at radius 3 is 2.84 bits per heavy atom. The summed E-state index contributed by atoms with van der Waals surface area (Å²) in [7, 11) is 0. The Balaban J connectivity index is 1.75. The van der Waals surface area contributed by atoms with Gasteiger partial charge in [-0.25, -0.2) is 0 Å². The van der Waals surface area contributed by atoms with Crippen LogP contribution in [0.3, 0.4) is 0 Å². The van der Waals surface area contributed by atoms with E-state index in [1.54, 1.807) is 24.4 Å². The number of nitrogen functional groups attached to an aromatic ring is 1. The van der Waals surface area contributed by atoms with E-state index in [4.69, 9.17) is 21.9 Å². The first-order valence-corrected chi connectivity index (χ1v) is 7.75. The van der Waals surface area contributed by atoms with Crippen LogP contribution in [0.15, 0.2) is 47.1 Å². The van der Waals surface area contributed by atoms with Gasteiger partial charge in [0.2, 0.25) is 5.82 Å². The Bertz CT molecular complexity index is 1040. The summed E-state index contributed by atoms with van der Waals surface area (Å²) < 4.78 is 6.75. The summed E-state index contributed by atoms with van der Waals surface area (Å²) in [4.78, 5) is 8.48. The summed E-state index contributed by atoms with van der Waals surface area (Å²) in [5.41, 5.74) is 8.65. The van der Waals surface area contributed by atoms with E-state index in [0.717, 1.165) is 11.3 Å². The van der Waals surface area contributed by atoms with Crippen LogP contribution in [0, 0.1) is 6.92 Å². The largest absolute Gasteiger partial charge is 0.382 e. The Labute approximate surface area is 147 Å². The van der Waals surface area contributed by atoms with Crippen molar-refractivity contribution in [2.24, 2.45) is 0 Å². The third-order valence-electron chi connectivity index (χ3n) is 3.69. The highest BCUT2D eigenvalue weighted by atomic mass is 35.5. The molecule has 4 aromatic rings. The van der Waals surface area contributed by atoms with Crippen LogP contribution in [-0.2, 0) is 0 Å². The van der Waals surface area contributed by atoms with E-state index >= 15 is 0 Å². The number of anilines is 1. The molecule has 3 aromatic heterocycles. The van der Waals surface area contributed by atoms with Gasteiger partial charge in [0.15, 0.2) is 11.5 Å². The molecule has 0 atom stereocenters. The van der Waals surface area contributed by atoms with Gasteiger partial charge in [0.1, 0.15) is 5.69 Å². The number of aromatic nitrogens is 6. The zero-order valence-corrected chi connectivity index (χ0v) is 13.8. The molecule has 8 nitrogen and oxygen atoms in total. The standard InChI is InChI=1S/C16H12ClN7O/c1-9-10(17)5-4-7-12(9)24-14(18)13(21-23-24)16-20-15(22-25-16)11-6-2-3-8-19-11/h2-8H,18H2,1H3. The van der Waals surface area contributed by atoms with E-state index in [0.29, 0.717) is 22.2 Å². The number of benzene rings is 1. The first-order valence-electron chi connectivity index (χ1n) is 7.37. The van der Waals surface area contributed by atoms with Crippen LogP contribution in [0.1, 0.15) is 5.56 Å². The van der Waals surface area contributed by atoms with Crippen molar-refractivity contribution in [1.29, 1.82) is 0 Å². The predicted octanol–water partition coefficient (Wildman–Crippen LogP) is 2.92. The number of pyridine rings is 1. The van der Waals surface area contributed by atoms with Crippen LogP contribution in [0.4, 0.5) is 5.82 Å². The third kappa shape index (κ3) is 2.62. The summed E-state index contributed by atoms with van der Waals surface area (Å²) in [5, 5.41) is 12.7. The molecule has 1 aromatic carbocycles. The van der Waals surface area contributed by atoms with E-state index in [1.165, 1.54) is 4.68 Å². The summed E-state index contributed by atoms with van der Waals surface area (Å²) in [6.45, 7) is 1.88. The normalized spacial score (nSPS) is 11.0. The number of hydrogen-bond donors (Lipinski definition) is 1. The zero-order valence-electron chi connectivity index (χ0n) is 13.1. The van der Waals surface area contributed by atoms with Crippen LogP contribution in [0.5, 0.6) is 0 Å². The average Bonchev–Trinajstić information content (AvgIpc) is 3.25. The van der Waals surface area contributed by atoms with Gasteiger partial charge in [-0.3, -0.25) is 4.98 Å². The molecule has 9 heteroatoms. The molecule has 124 valence electrons. The Hall–Kier alpha value is -3.26. The first kappa shape index (κ1) is 15.3. The van der Waals surface area contributed by atoms with Gasteiger partial charge in [-0.2, -0.15) is 9.67 Å². The van der Waals surface area contributed by atoms with Gasteiger partial charge in [-0.15, -0.1) is 5.10 Å². The number of halogens is 1. The minimum Gasteiger partial charge on any atom is -0.382 e. The maximum Gasteiger partial charge on any atom is 0.282 e. The smallest absolute Gasteiger partial charge is 0.282 e. The number of nitrogens with zero attached hydrogens (tertiary/aromatic N) is 6. The molecular formula is C16H12ClN7O. The molecule has 0 unspecified atom stereocenters. The molecule has 0 fully saturated rings. The molecule has 0 aliphatic heterocycles. The quantitative estimate of drug-likeness (QED) is 0.603. The van der Waals surface area contributed by atoms with Crippen molar-refractivity contribution < 1.29 is 4.52 Å². The topological polar surface area (TPSA) is 109 Å². The van der Waals surface area contributed by atoms with E-state index < -0.39 is 0 Å². The summed E-state index contributed by atoms with van der Waals surface area (Å²) in [6.07, 6.45) is 1.65. The Kier molecular flexibility index (Phi) is 3.66. The molecule has 0 radical (unpaired) electrons. The van der Waals surface area contributed by atoms with Crippen molar-refractivity contribution >= 4 is 17.4 Å². The minimum absolute atomic E-state index is 0.170. The van der Waals surface area contributed by atoms with Gasteiger partial charge in [0.25, 0.3) is 5.89 Å². The van der Waals surface area contributed by atoms with Crippen molar-refractivity contribution in [3.05, 3.63) is 53.2 Å². The van der Waals surface area contributed by atoms with E-state index in [1.807, 2.05) is 25.1 Å². The predicted molar refractivity (Wildman–Crippen MR) is 92.0 cm³/mol. The van der Waals surface area contributed by atoms with Crippen LogP contribution < -0.4 is 5.73 Å². The monoisotopic (exact) mass is 353 g/mol. The average molecular weight is 354 g/mol. The molecule has 0 bridgehead atoms. The molecule has 0 spiro atoms. The summed E-state index contributed by atoms with van der Waals surface area (Å²) in [5.74, 6) is 0.800. The van der Waals surface area contributed by atoms with Crippen LogP contribution >= 0.6 is 11.6 Å². The lowest BCUT2D eigenvalue weighted by molar-refractivity contribution is 0.431. The maximum atomic E-state index is 6.19. The van der Waals surface area contributed by atoms with Gasteiger partial charge in [-0.1, -0.05) is 34.1 Å². The van der Waals surface area contributed by atoms with E-state index in [2.05, 4.69) is 25.4 Å². The van der Waals surface area contributed by atoms with Crippen molar-refractivity contribution in [2.45, 2.75) is 6.92 Å². The summed E-state index contributed by atoms with van der Waals surface area (Å²) in [6, 6.07) is 10.9. The Morgan fingerprint density at radius 2 is 2.04 bits per heavy atom. The first-order chi connectivity index (χ1) is 12.1. The fourth-order valence-electron chi connectivity index (χ4n) is 2.36. The molecule has 0 aliphatic carbocycles. The van der Waals surface area contributed by atoms with Crippen molar-refractivity contribution in [1.82, 2.24) is 30.1 Å². The molecule has 0 aliphatic rings. The van der Waals surface area contributed by atoms with Crippen LogP contribution in [0.25, 0.3) is 28.8 Å². The fraction of sp³-hybridized carbons (Fsp3) is 0.0625. The Morgan fingerprint density at radius 1 is 1.16 bits per heavy atom. The van der Waals surface area contributed by atoms with Gasteiger partial charge in [-0.05, 0) is 36.8 Å². The number of rotatable bonds is 3. The van der Waals surface area contributed by atoms with Gasteiger partial charge in [0, 0.05) is 11.2 Å². The molecule has 3 heterocycles. The van der Waals surface area contributed by atoms with Crippen LogP contribution in [0.2, 0.25) is 5.02 Å². The second-order valence-corrected chi connectivity index (χ2v) is 5.66. The lowest BCUT2D eigenvalue weighted by Gasteiger charge is -2.07. The van der Waals surface area contributed by atoms with Gasteiger partial charge < -0.3 is 10.3 Å². The van der Waals surface area contributed by atoms with E-state index in [9.17, 15) is 0 Å². The highest BCUT2D eigenvalue weighted by Gasteiger charge is 2.21. The second kappa shape index (κ2) is 5.99. The highest BCUT2D eigenvalue weighted by Crippen LogP contribution is 2.28. The fourth-order valence-corrected chi connectivity index (χ4v) is 2.53.